The lowest BCUT2D eigenvalue weighted by Gasteiger charge is -2.42. The molecule has 0 saturated carbocycles. The van der Waals surface area contributed by atoms with Crippen molar-refractivity contribution in [3.05, 3.63) is 40.0 Å². The van der Waals surface area contributed by atoms with E-state index >= 15 is 0 Å². The Balaban J connectivity index is 1.38. The standard InChI is InChI=1S/C28H33ClFN7O2/c1-36-14-17(30)12-19(36)16-39-27-33-23-13-28(8-3-4-20-21(28)5-2-6-22(20)29)26(38)34-24(23)25(35-27)37-11-10-32-18(15-37)7-9-31/h2,5-6,17-19,32H,3-4,7-8,10-16H2,1H3,(H,34,38)/t17-,18+,19+,28?/m1/s1. The summed E-state index contributed by atoms with van der Waals surface area (Å²) in [6.07, 6.45) is 2.73. The maximum Gasteiger partial charge on any atom is 0.318 e. The van der Waals surface area contributed by atoms with Crippen LogP contribution in [0, 0.1) is 11.3 Å². The Kier molecular flexibility index (Phi) is 7.08. The van der Waals surface area contributed by atoms with Gasteiger partial charge in [0.05, 0.1) is 23.6 Å². The summed E-state index contributed by atoms with van der Waals surface area (Å²) in [4.78, 5) is 27.6. The molecule has 2 fully saturated rings. The first-order valence-electron chi connectivity index (χ1n) is 13.7. The molecule has 3 aliphatic heterocycles. The van der Waals surface area contributed by atoms with Gasteiger partial charge in [0.1, 0.15) is 18.5 Å². The highest BCUT2D eigenvalue weighted by Crippen LogP contribution is 2.47. The van der Waals surface area contributed by atoms with Crippen LogP contribution in [0.4, 0.5) is 15.9 Å². The number of piperazine rings is 1. The van der Waals surface area contributed by atoms with Crippen LogP contribution in [0.3, 0.4) is 0 Å². The zero-order valence-electron chi connectivity index (χ0n) is 22.1. The van der Waals surface area contributed by atoms with Crippen molar-refractivity contribution in [2.75, 3.05) is 50.1 Å². The number of fused-ring (bicyclic) bond motifs is 3. The van der Waals surface area contributed by atoms with Crippen molar-refractivity contribution in [3.8, 4) is 12.1 Å². The van der Waals surface area contributed by atoms with E-state index in [1.807, 2.05) is 30.1 Å². The molecule has 2 aromatic rings. The largest absolute Gasteiger partial charge is 0.462 e. The third-order valence-electron chi connectivity index (χ3n) is 8.69. The van der Waals surface area contributed by atoms with Crippen molar-refractivity contribution < 1.29 is 13.9 Å². The van der Waals surface area contributed by atoms with Gasteiger partial charge in [-0.15, -0.1) is 0 Å². The highest BCUT2D eigenvalue weighted by Gasteiger charge is 2.48. The number of nitrogens with one attached hydrogen (secondary N) is 2. The van der Waals surface area contributed by atoms with Gasteiger partial charge < -0.3 is 20.3 Å². The van der Waals surface area contributed by atoms with E-state index in [0.29, 0.717) is 68.4 Å². The summed E-state index contributed by atoms with van der Waals surface area (Å²) in [5.41, 5.74) is 2.55. The lowest BCUT2D eigenvalue weighted by atomic mass is 9.65. The van der Waals surface area contributed by atoms with E-state index in [-0.39, 0.29) is 30.6 Å². The van der Waals surface area contributed by atoms with Gasteiger partial charge >= 0.3 is 6.01 Å². The Morgan fingerprint density at radius 3 is 3.00 bits per heavy atom. The molecule has 2 N–H and O–H groups in total. The minimum atomic E-state index is -0.866. The van der Waals surface area contributed by atoms with Gasteiger partial charge in [-0.25, -0.2) is 4.39 Å². The lowest BCUT2D eigenvalue weighted by molar-refractivity contribution is -0.122. The minimum Gasteiger partial charge on any atom is -0.462 e. The number of ether oxygens (including phenoxy) is 1. The molecule has 2 saturated heterocycles. The van der Waals surface area contributed by atoms with Crippen LogP contribution in [0.2, 0.25) is 5.02 Å². The average molecular weight is 554 g/mol. The topological polar surface area (TPSA) is 106 Å². The highest BCUT2D eigenvalue weighted by molar-refractivity contribution is 6.31. The van der Waals surface area contributed by atoms with Gasteiger partial charge in [0.25, 0.3) is 0 Å². The predicted molar refractivity (Wildman–Crippen MR) is 146 cm³/mol. The molecule has 4 aliphatic rings. The molecule has 1 aliphatic carbocycles. The Morgan fingerprint density at radius 2 is 2.21 bits per heavy atom. The predicted octanol–water partition coefficient (Wildman–Crippen LogP) is 3.01. The Labute approximate surface area is 232 Å². The molecule has 0 radical (unpaired) electrons. The number of alkyl halides is 1. The summed E-state index contributed by atoms with van der Waals surface area (Å²) < 4.78 is 20.1. The maximum atomic E-state index is 14.0. The highest BCUT2D eigenvalue weighted by atomic mass is 35.5. The lowest BCUT2D eigenvalue weighted by Crippen LogP contribution is -2.52. The number of nitrogens with zero attached hydrogens (tertiary/aromatic N) is 5. The summed E-state index contributed by atoms with van der Waals surface area (Å²) in [5, 5.41) is 16.5. The molecule has 1 aromatic heterocycles. The molecule has 9 nitrogen and oxygen atoms in total. The number of aromatic nitrogens is 2. The molecule has 1 unspecified atom stereocenters. The number of anilines is 2. The maximum absolute atomic E-state index is 14.0. The number of carbonyl (C=O) groups is 1. The number of rotatable bonds is 5. The van der Waals surface area contributed by atoms with Crippen LogP contribution in [0.5, 0.6) is 6.01 Å². The number of nitriles is 1. The molecule has 1 spiro atoms. The third-order valence-corrected chi connectivity index (χ3v) is 9.04. The summed E-state index contributed by atoms with van der Waals surface area (Å²) in [7, 11) is 1.90. The second-order valence-corrected chi connectivity index (χ2v) is 11.6. The summed E-state index contributed by atoms with van der Waals surface area (Å²) in [6.45, 7) is 2.60. The summed E-state index contributed by atoms with van der Waals surface area (Å²) in [5.74, 6) is 0.537. The first-order chi connectivity index (χ1) is 18.9. The first kappa shape index (κ1) is 26.2. The molecule has 4 atom stereocenters. The molecule has 11 heteroatoms. The molecule has 4 heterocycles. The van der Waals surface area contributed by atoms with Crippen LogP contribution in [-0.2, 0) is 23.1 Å². The SMILES string of the molecule is CN1C[C@H](F)C[C@H]1COc1nc2c(c(N3CCN[C@@H](CC#N)C3)n1)NC(=O)C1(CCCc3c(Cl)cccc31)C2. The quantitative estimate of drug-likeness (QED) is 0.582. The second-order valence-electron chi connectivity index (χ2n) is 11.2. The van der Waals surface area contributed by atoms with Crippen LogP contribution in [-0.4, -0.2) is 78.9 Å². The fraction of sp³-hybridized carbons (Fsp3) is 0.571. The van der Waals surface area contributed by atoms with Crippen molar-refractivity contribution in [2.24, 2.45) is 0 Å². The van der Waals surface area contributed by atoms with Gasteiger partial charge in [0.15, 0.2) is 5.82 Å². The van der Waals surface area contributed by atoms with Crippen molar-refractivity contribution in [2.45, 2.75) is 62.2 Å². The average Bonchev–Trinajstić information content (AvgIpc) is 3.25. The minimum absolute atomic E-state index is 0.00893. The van der Waals surface area contributed by atoms with E-state index in [2.05, 4.69) is 21.6 Å². The number of likely N-dealkylation sites (tertiary alicyclic amines) is 1. The number of benzene rings is 1. The van der Waals surface area contributed by atoms with Crippen LogP contribution in [0.1, 0.15) is 42.5 Å². The smallest absolute Gasteiger partial charge is 0.318 e. The number of carbonyl (C=O) groups excluding carboxylic acids is 1. The first-order valence-corrected chi connectivity index (χ1v) is 14.1. The molecule has 0 bridgehead atoms. The zero-order valence-corrected chi connectivity index (χ0v) is 22.8. The number of halogens is 2. The van der Waals surface area contributed by atoms with Crippen molar-refractivity contribution in [1.82, 2.24) is 20.2 Å². The van der Waals surface area contributed by atoms with E-state index in [0.717, 1.165) is 29.7 Å². The molecule has 1 amide bonds. The van der Waals surface area contributed by atoms with Gasteiger partial charge in [-0.05, 0) is 49.9 Å². The monoisotopic (exact) mass is 553 g/mol. The fourth-order valence-electron chi connectivity index (χ4n) is 6.64. The van der Waals surface area contributed by atoms with Gasteiger partial charge in [-0.2, -0.15) is 15.2 Å². The fourth-order valence-corrected chi connectivity index (χ4v) is 6.91. The third kappa shape index (κ3) is 4.81. The Morgan fingerprint density at radius 1 is 1.33 bits per heavy atom. The second kappa shape index (κ2) is 10.5. The van der Waals surface area contributed by atoms with Crippen molar-refractivity contribution >= 4 is 29.0 Å². The zero-order chi connectivity index (χ0) is 27.1. The van der Waals surface area contributed by atoms with Gasteiger partial charge in [0, 0.05) is 49.7 Å². The molecule has 1 aromatic carbocycles. The Hall–Kier alpha value is -3.00. The molecular formula is C28H33ClFN7O2. The van der Waals surface area contributed by atoms with E-state index in [1.54, 1.807) is 0 Å². The van der Waals surface area contributed by atoms with Gasteiger partial charge in [-0.1, -0.05) is 23.7 Å². The van der Waals surface area contributed by atoms with Crippen molar-refractivity contribution in [3.63, 3.8) is 0 Å². The van der Waals surface area contributed by atoms with E-state index in [9.17, 15) is 14.4 Å². The van der Waals surface area contributed by atoms with Crippen LogP contribution in [0.25, 0.3) is 0 Å². The summed E-state index contributed by atoms with van der Waals surface area (Å²) >= 11 is 6.57. The molecule has 6 rings (SSSR count). The van der Waals surface area contributed by atoms with E-state index in [1.165, 1.54) is 0 Å². The molecule has 206 valence electrons. The molecular weight excluding hydrogens is 521 g/mol. The normalized spacial score (nSPS) is 28.5. The molecule has 39 heavy (non-hydrogen) atoms. The van der Waals surface area contributed by atoms with Crippen molar-refractivity contribution in [1.29, 1.82) is 5.26 Å². The Bertz CT molecular complexity index is 1320. The van der Waals surface area contributed by atoms with Crippen LogP contribution < -0.4 is 20.3 Å². The van der Waals surface area contributed by atoms with Gasteiger partial charge in [0.2, 0.25) is 5.91 Å². The van der Waals surface area contributed by atoms with E-state index < -0.39 is 11.6 Å². The number of hydrogen-bond acceptors (Lipinski definition) is 8. The van der Waals surface area contributed by atoms with E-state index in [4.69, 9.17) is 26.3 Å². The van der Waals surface area contributed by atoms with Crippen LogP contribution >= 0.6 is 11.6 Å². The summed E-state index contributed by atoms with van der Waals surface area (Å²) in [6, 6.07) is 8.20. The number of amides is 1. The number of hydrogen-bond donors (Lipinski definition) is 2. The van der Waals surface area contributed by atoms with Crippen LogP contribution in [0.15, 0.2) is 18.2 Å². The number of likely N-dealkylation sites (N-methyl/N-ethyl adjacent to an activating group) is 1. The van der Waals surface area contributed by atoms with Gasteiger partial charge in [-0.3, -0.25) is 9.69 Å².